The minimum atomic E-state index is 0.330. The Morgan fingerprint density at radius 2 is 2.33 bits per heavy atom. The molecule has 0 aliphatic carbocycles. The zero-order valence-electron chi connectivity index (χ0n) is 7.84. The number of thiophene rings is 1. The van der Waals surface area contributed by atoms with Gasteiger partial charge in [-0.25, -0.2) is 0 Å². The van der Waals surface area contributed by atoms with Gasteiger partial charge >= 0.3 is 0 Å². The van der Waals surface area contributed by atoms with Crippen LogP contribution < -0.4 is 5.73 Å². The van der Waals surface area contributed by atoms with Crippen molar-refractivity contribution in [2.75, 3.05) is 0 Å². The Labute approximate surface area is 78.6 Å². The summed E-state index contributed by atoms with van der Waals surface area (Å²) in [6.45, 7) is 4.27. The molecule has 0 amide bonds. The van der Waals surface area contributed by atoms with E-state index in [-0.39, 0.29) is 0 Å². The molecule has 2 heteroatoms. The van der Waals surface area contributed by atoms with E-state index in [9.17, 15) is 0 Å². The zero-order chi connectivity index (χ0) is 8.97. The van der Waals surface area contributed by atoms with Crippen LogP contribution >= 0.6 is 11.3 Å². The first kappa shape index (κ1) is 9.75. The average Bonchev–Trinajstić information content (AvgIpc) is 2.47. The third-order valence-electron chi connectivity index (χ3n) is 2.05. The van der Waals surface area contributed by atoms with Gasteiger partial charge in [0, 0.05) is 10.9 Å². The highest BCUT2D eigenvalue weighted by atomic mass is 32.1. The molecule has 1 rings (SSSR count). The molecular weight excluding hydrogens is 166 g/mol. The van der Waals surface area contributed by atoms with Crippen LogP contribution in [-0.4, -0.2) is 6.04 Å². The Hall–Kier alpha value is -0.340. The highest BCUT2D eigenvalue weighted by Gasteiger charge is 2.03. The van der Waals surface area contributed by atoms with Gasteiger partial charge in [0.15, 0.2) is 0 Å². The fraction of sp³-hybridized carbons (Fsp3) is 0.600. The maximum atomic E-state index is 5.71. The second-order valence-corrected chi connectivity index (χ2v) is 4.24. The summed E-state index contributed by atoms with van der Waals surface area (Å²) < 4.78 is 0. The number of rotatable bonds is 4. The molecular formula is C10H17NS. The van der Waals surface area contributed by atoms with Gasteiger partial charge in [0.2, 0.25) is 0 Å². The van der Waals surface area contributed by atoms with Crippen molar-refractivity contribution < 1.29 is 0 Å². The average molecular weight is 183 g/mol. The molecule has 0 spiro atoms. The lowest BCUT2D eigenvalue weighted by atomic mass is 10.1. The molecule has 1 aromatic heterocycles. The fourth-order valence-electron chi connectivity index (χ4n) is 1.26. The van der Waals surface area contributed by atoms with E-state index in [1.807, 2.05) is 11.3 Å². The molecule has 1 nitrogen and oxygen atoms in total. The van der Waals surface area contributed by atoms with Gasteiger partial charge in [0.1, 0.15) is 0 Å². The molecule has 0 saturated carbocycles. The molecule has 1 unspecified atom stereocenters. The summed E-state index contributed by atoms with van der Waals surface area (Å²) >= 11 is 1.86. The van der Waals surface area contributed by atoms with Gasteiger partial charge < -0.3 is 5.73 Å². The Morgan fingerprint density at radius 1 is 1.58 bits per heavy atom. The first-order valence-corrected chi connectivity index (χ1v) is 5.42. The van der Waals surface area contributed by atoms with Crippen LogP contribution in [0.3, 0.4) is 0 Å². The van der Waals surface area contributed by atoms with Gasteiger partial charge in [-0.1, -0.05) is 6.92 Å². The lowest BCUT2D eigenvalue weighted by Gasteiger charge is -2.04. The van der Waals surface area contributed by atoms with Crippen LogP contribution in [0.25, 0.3) is 0 Å². The molecule has 2 N–H and O–H groups in total. The monoisotopic (exact) mass is 183 g/mol. The SMILES string of the molecule is CCc1ccsc1CCC(C)N. The summed E-state index contributed by atoms with van der Waals surface area (Å²) in [7, 11) is 0. The topological polar surface area (TPSA) is 26.0 Å². The first-order valence-electron chi connectivity index (χ1n) is 4.54. The van der Waals surface area contributed by atoms with Crippen molar-refractivity contribution in [1.29, 1.82) is 0 Å². The highest BCUT2D eigenvalue weighted by molar-refractivity contribution is 7.10. The van der Waals surface area contributed by atoms with Gasteiger partial charge in [-0.3, -0.25) is 0 Å². The van der Waals surface area contributed by atoms with Crippen molar-refractivity contribution in [3.05, 3.63) is 21.9 Å². The zero-order valence-corrected chi connectivity index (χ0v) is 8.66. The molecule has 1 heterocycles. The largest absolute Gasteiger partial charge is 0.328 e. The third kappa shape index (κ3) is 2.61. The lowest BCUT2D eigenvalue weighted by Crippen LogP contribution is -2.15. The second-order valence-electron chi connectivity index (χ2n) is 3.24. The van der Waals surface area contributed by atoms with E-state index in [1.54, 1.807) is 0 Å². The molecule has 1 atom stereocenters. The summed E-state index contributed by atoms with van der Waals surface area (Å²) in [5, 5.41) is 2.18. The Kier molecular flexibility index (Phi) is 3.76. The normalized spacial score (nSPS) is 13.2. The number of nitrogens with two attached hydrogens (primary N) is 1. The standard InChI is InChI=1S/C10H17NS/c1-3-9-6-7-12-10(9)5-4-8(2)11/h6-8H,3-5,11H2,1-2H3. The lowest BCUT2D eigenvalue weighted by molar-refractivity contribution is 0.668. The van der Waals surface area contributed by atoms with Crippen LogP contribution in [0.4, 0.5) is 0 Å². The molecule has 0 fully saturated rings. The summed E-state index contributed by atoms with van der Waals surface area (Å²) in [4.78, 5) is 1.52. The van der Waals surface area contributed by atoms with Crippen LogP contribution in [0.5, 0.6) is 0 Å². The molecule has 68 valence electrons. The van der Waals surface area contributed by atoms with Crippen molar-refractivity contribution in [1.82, 2.24) is 0 Å². The quantitative estimate of drug-likeness (QED) is 0.763. The third-order valence-corrected chi connectivity index (χ3v) is 3.07. The molecule has 1 aromatic rings. The maximum Gasteiger partial charge on any atom is 0.00776 e. The van der Waals surface area contributed by atoms with Gasteiger partial charge in [0.05, 0.1) is 0 Å². The molecule has 0 aliphatic heterocycles. The summed E-state index contributed by atoms with van der Waals surface area (Å²) in [6, 6.07) is 2.55. The smallest absolute Gasteiger partial charge is 0.00776 e. The molecule has 0 bridgehead atoms. The van der Waals surface area contributed by atoms with E-state index in [4.69, 9.17) is 5.73 Å². The van der Waals surface area contributed by atoms with E-state index >= 15 is 0 Å². The Balaban J connectivity index is 2.50. The molecule has 0 aromatic carbocycles. The number of hydrogen-bond acceptors (Lipinski definition) is 2. The second kappa shape index (κ2) is 4.63. The van der Waals surface area contributed by atoms with Crippen LogP contribution in [-0.2, 0) is 12.8 Å². The van der Waals surface area contributed by atoms with Crippen LogP contribution in [0.2, 0.25) is 0 Å². The van der Waals surface area contributed by atoms with E-state index in [2.05, 4.69) is 25.3 Å². The van der Waals surface area contributed by atoms with Crippen molar-refractivity contribution in [2.24, 2.45) is 5.73 Å². The van der Waals surface area contributed by atoms with E-state index in [0.717, 1.165) is 19.3 Å². The predicted molar refractivity (Wildman–Crippen MR) is 55.7 cm³/mol. The molecule has 12 heavy (non-hydrogen) atoms. The van der Waals surface area contributed by atoms with Gasteiger partial charge in [-0.2, -0.15) is 0 Å². The highest BCUT2D eigenvalue weighted by Crippen LogP contribution is 2.19. The van der Waals surface area contributed by atoms with Crippen molar-refractivity contribution in [3.63, 3.8) is 0 Å². The predicted octanol–water partition coefficient (Wildman–Crippen LogP) is 2.59. The minimum Gasteiger partial charge on any atom is -0.328 e. The minimum absolute atomic E-state index is 0.330. The van der Waals surface area contributed by atoms with Crippen molar-refractivity contribution in [3.8, 4) is 0 Å². The Morgan fingerprint density at radius 3 is 2.92 bits per heavy atom. The summed E-state index contributed by atoms with van der Waals surface area (Å²) in [5.41, 5.74) is 7.21. The van der Waals surface area contributed by atoms with Crippen molar-refractivity contribution >= 4 is 11.3 Å². The Bertz CT molecular complexity index is 227. The number of hydrogen-bond donors (Lipinski definition) is 1. The molecule has 0 aliphatic rings. The van der Waals surface area contributed by atoms with Gasteiger partial charge in [0.25, 0.3) is 0 Å². The summed E-state index contributed by atoms with van der Waals surface area (Å²) in [5.74, 6) is 0. The van der Waals surface area contributed by atoms with Crippen LogP contribution in [0, 0.1) is 0 Å². The molecule has 0 radical (unpaired) electrons. The van der Waals surface area contributed by atoms with Crippen LogP contribution in [0.1, 0.15) is 30.7 Å². The van der Waals surface area contributed by atoms with Crippen LogP contribution in [0.15, 0.2) is 11.4 Å². The van der Waals surface area contributed by atoms with E-state index in [0.29, 0.717) is 6.04 Å². The van der Waals surface area contributed by atoms with E-state index < -0.39 is 0 Å². The molecule has 0 saturated heterocycles. The summed E-state index contributed by atoms with van der Waals surface area (Å²) in [6.07, 6.45) is 3.41. The van der Waals surface area contributed by atoms with Crippen molar-refractivity contribution in [2.45, 2.75) is 39.2 Å². The van der Waals surface area contributed by atoms with Gasteiger partial charge in [-0.05, 0) is 43.2 Å². The number of aryl methyl sites for hydroxylation is 2. The first-order chi connectivity index (χ1) is 5.74. The van der Waals surface area contributed by atoms with E-state index in [1.165, 1.54) is 10.4 Å². The van der Waals surface area contributed by atoms with Gasteiger partial charge in [-0.15, -0.1) is 11.3 Å². The fourth-order valence-corrected chi connectivity index (χ4v) is 2.26. The maximum absolute atomic E-state index is 5.71.